The van der Waals surface area contributed by atoms with Gasteiger partial charge in [-0.2, -0.15) is 0 Å². The van der Waals surface area contributed by atoms with Gasteiger partial charge < -0.3 is 9.64 Å². The highest BCUT2D eigenvalue weighted by Gasteiger charge is 2.18. The van der Waals surface area contributed by atoms with E-state index in [0.717, 1.165) is 26.2 Å². The van der Waals surface area contributed by atoms with Crippen LogP contribution in [0.4, 0.5) is 4.39 Å². The average molecular weight is 203 g/mol. The first-order valence-electron chi connectivity index (χ1n) is 5.48. The van der Waals surface area contributed by atoms with Gasteiger partial charge in [-0.3, -0.25) is 0 Å². The molecule has 3 heteroatoms. The number of nitrogens with zero attached hydrogens (tertiary/aromatic N) is 1. The third-order valence-corrected chi connectivity index (χ3v) is 2.46. The van der Waals surface area contributed by atoms with Gasteiger partial charge in [0.2, 0.25) is 0 Å². The van der Waals surface area contributed by atoms with Crippen molar-refractivity contribution in [2.45, 2.75) is 45.4 Å². The molecule has 0 aromatic carbocycles. The molecule has 0 amide bonds. The Morgan fingerprint density at radius 1 is 1.29 bits per heavy atom. The average Bonchev–Trinajstić information content (AvgIpc) is 2.06. The molecule has 1 fully saturated rings. The van der Waals surface area contributed by atoms with E-state index in [1.165, 1.54) is 0 Å². The second-order valence-corrected chi connectivity index (χ2v) is 4.98. The molecule has 1 saturated heterocycles. The maximum Gasteiger partial charge on any atom is 0.103 e. The van der Waals surface area contributed by atoms with E-state index >= 15 is 0 Å². The largest absolute Gasteiger partial charge is 0.375 e. The van der Waals surface area contributed by atoms with Gasteiger partial charge in [-0.25, -0.2) is 4.39 Å². The summed E-state index contributed by atoms with van der Waals surface area (Å²) < 4.78 is 18.4. The molecule has 14 heavy (non-hydrogen) atoms. The molecule has 0 bridgehead atoms. The minimum Gasteiger partial charge on any atom is -0.375 e. The normalized spacial score (nSPS) is 21.4. The van der Waals surface area contributed by atoms with Crippen LogP contribution in [0.5, 0.6) is 0 Å². The summed E-state index contributed by atoms with van der Waals surface area (Å²) in [7, 11) is 0. The van der Waals surface area contributed by atoms with Crippen LogP contribution in [-0.4, -0.2) is 42.9 Å². The number of halogens is 1. The third kappa shape index (κ3) is 4.91. The van der Waals surface area contributed by atoms with Gasteiger partial charge >= 0.3 is 0 Å². The van der Waals surface area contributed by atoms with Crippen molar-refractivity contribution in [3.05, 3.63) is 0 Å². The van der Waals surface area contributed by atoms with Crippen LogP contribution in [0.1, 0.15) is 33.6 Å². The molecule has 0 spiro atoms. The maximum atomic E-state index is 12.8. The van der Waals surface area contributed by atoms with Crippen LogP contribution in [0.25, 0.3) is 0 Å². The Bertz CT molecular complexity index is 159. The lowest BCUT2D eigenvalue weighted by Gasteiger charge is -2.29. The fraction of sp³-hybridized carbons (Fsp3) is 1.00. The van der Waals surface area contributed by atoms with Gasteiger partial charge in [-0.1, -0.05) is 0 Å². The van der Waals surface area contributed by atoms with Crippen molar-refractivity contribution in [3.63, 3.8) is 0 Å². The highest BCUT2D eigenvalue weighted by molar-refractivity contribution is 4.71. The lowest BCUT2D eigenvalue weighted by atomic mass is 10.1. The molecule has 1 aliphatic heterocycles. The minimum atomic E-state index is -0.574. The molecular formula is C11H22FNO. The van der Waals surface area contributed by atoms with Crippen LogP contribution in [0.15, 0.2) is 0 Å². The van der Waals surface area contributed by atoms with Crippen LogP contribution in [0.3, 0.4) is 0 Å². The Hall–Kier alpha value is -0.150. The standard InChI is InChI=1S/C11H22FNO/c1-11(2,3)14-9-8-13-6-4-10(12)5-7-13/h10H,4-9H2,1-3H3. The van der Waals surface area contributed by atoms with Gasteiger partial charge in [0.25, 0.3) is 0 Å². The van der Waals surface area contributed by atoms with E-state index in [-0.39, 0.29) is 5.60 Å². The summed E-state index contributed by atoms with van der Waals surface area (Å²) in [6.45, 7) is 9.62. The lowest BCUT2D eigenvalue weighted by molar-refractivity contribution is -0.0169. The number of alkyl halides is 1. The topological polar surface area (TPSA) is 12.5 Å². The molecule has 0 atom stereocenters. The summed E-state index contributed by atoms with van der Waals surface area (Å²) in [5.74, 6) is 0. The number of hydrogen-bond acceptors (Lipinski definition) is 2. The minimum absolute atomic E-state index is 0.0571. The van der Waals surface area contributed by atoms with Gasteiger partial charge in [-0.05, 0) is 33.6 Å². The zero-order valence-corrected chi connectivity index (χ0v) is 9.55. The Kier molecular flexibility index (Phi) is 4.32. The number of piperidine rings is 1. The molecule has 0 radical (unpaired) electrons. The Balaban J connectivity index is 2.08. The molecule has 0 aromatic rings. The molecule has 0 aliphatic carbocycles. The molecular weight excluding hydrogens is 181 g/mol. The molecule has 1 heterocycles. The summed E-state index contributed by atoms with van der Waals surface area (Å²) in [6, 6.07) is 0. The second kappa shape index (κ2) is 5.08. The van der Waals surface area contributed by atoms with Gasteiger partial charge in [0, 0.05) is 19.6 Å². The fourth-order valence-electron chi connectivity index (χ4n) is 1.61. The predicted molar refractivity (Wildman–Crippen MR) is 56.3 cm³/mol. The van der Waals surface area contributed by atoms with E-state index in [2.05, 4.69) is 25.7 Å². The van der Waals surface area contributed by atoms with Crippen molar-refractivity contribution in [2.24, 2.45) is 0 Å². The molecule has 1 aliphatic rings. The Morgan fingerprint density at radius 3 is 2.36 bits per heavy atom. The molecule has 0 saturated carbocycles. The van der Waals surface area contributed by atoms with Crippen molar-refractivity contribution in [1.29, 1.82) is 0 Å². The van der Waals surface area contributed by atoms with Crippen molar-refractivity contribution in [1.82, 2.24) is 4.90 Å². The molecule has 84 valence electrons. The van der Waals surface area contributed by atoms with E-state index < -0.39 is 6.17 Å². The second-order valence-electron chi connectivity index (χ2n) is 4.98. The van der Waals surface area contributed by atoms with Crippen molar-refractivity contribution < 1.29 is 9.13 Å². The summed E-state index contributed by atoms with van der Waals surface area (Å²) in [5.41, 5.74) is -0.0571. The molecule has 1 rings (SSSR count). The Morgan fingerprint density at radius 2 is 1.86 bits per heavy atom. The highest BCUT2D eigenvalue weighted by Crippen LogP contribution is 2.13. The first kappa shape index (κ1) is 11.9. The summed E-state index contributed by atoms with van der Waals surface area (Å²) in [6.07, 6.45) is 0.806. The monoisotopic (exact) mass is 203 g/mol. The number of likely N-dealkylation sites (tertiary alicyclic amines) is 1. The van der Waals surface area contributed by atoms with Gasteiger partial charge in [-0.15, -0.1) is 0 Å². The van der Waals surface area contributed by atoms with Gasteiger partial charge in [0.05, 0.1) is 12.2 Å². The van der Waals surface area contributed by atoms with Crippen molar-refractivity contribution in [2.75, 3.05) is 26.2 Å². The van der Waals surface area contributed by atoms with Crippen LogP contribution in [0.2, 0.25) is 0 Å². The lowest BCUT2D eigenvalue weighted by Crippen LogP contribution is -2.37. The number of hydrogen-bond donors (Lipinski definition) is 0. The van der Waals surface area contributed by atoms with E-state index in [9.17, 15) is 4.39 Å². The summed E-state index contributed by atoms with van der Waals surface area (Å²) in [4.78, 5) is 2.28. The van der Waals surface area contributed by atoms with Crippen LogP contribution in [-0.2, 0) is 4.74 Å². The van der Waals surface area contributed by atoms with Crippen molar-refractivity contribution in [3.8, 4) is 0 Å². The molecule has 2 nitrogen and oxygen atoms in total. The highest BCUT2D eigenvalue weighted by atomic mass is 19.1. The zero-order valence-electron chi connectivity index (χ0n) is 9.55. The fourth-order valence-corrected chi connectivity index (χ4v) is 1.61. The number of rotatable bonds is 3. The van der Waals surface area contributed by atoms with Crippen molar-refractivity contribution >= 4 is 0 Å². The Labute approximate surface area is 86.4 Å². The smallest absolute Gasteiger partial charge is 0.103 e. The number of ether oxygens (including phenoxy) is 1. The van der Waals surface area contributed by atoms with Crippen LogP contribution < -0.4 is 0 Å². The van der Waals surface area contributed by atoms with E-state index in [0.29, 0.717) is 12.8 Å². The van der Waals surface area contributed by atoms with Gasteiger partial charge in [0.1, 0.15) is 6.17 Å². The van der Waals surface area contributed by atoms with Crippen LogP contribution in [0, 0.1) is 0 Å². The van der Waals surface area contributed by atoms with Crippen LogP contribution >= 0.6 is 0 Å². The van der Waals surface area contributed by atoms with E-state index in [1.807, 2.05) is 0 Å². The van der Waals surface area contributed by atoms with E-state index in [4.69, 9.17) is 4.74 Å². The quantitative estimate of drug-likeness (QED) is 0.697. The maximum absolute atomic E-state index is 12.8. The zero-order chi connectivity index (χ0) is 10.6. The first-order valence-corrected chi connectivity index (χ1v) is 5.48. The molecule has 0 N–H and O–H groups in total. The third-order valence-electron chi connectivity index (χ3n) is 2.46. The summed E-state index contributed by atoms with van der Waals surface area (Å²) >= 11 is 0. The first-order chi connectivity index (χ1) is 6.47. The molecule has 0 aromatic heterocycles. The summed E-state index contributed by atoms with van der Waals surface area (Å²) in [5, 5.41) is 0. The molecule has 0 unspecified atom stereocenters. The SMILES string of the molecule is CC(C)(C)OCCN1CCC(F)CC1. The predicted octanol–water partition coefficient (Wildman–Crippen LogP) is 2.24. The van der Waals surface area contributed by atoms with E-state index in [1.54, 1.807) is 0 Å². The van der Waals surface area contributed by atoms with Gasteiger partial charge in [0.15, 0.2) is 0 Å².